The molecule has 0 aromatic heterocycles. The molecule has 1 rings (SSSR count). The fraction of sp³-hybridized carbons (Fsp3) is 0.400. The topological polar surface area (TPSA) is 81.7 Å². The minimum absolute atomic E-state index is 0.0805. The van der Waals surface area contributed by atoms with Crippen molar-refractivity contribution in [1.29, 1.82) is 0 Å². The van der Waals surface area contributed by atoms with Gasteiger partial charge in [-0.3, -0.25) is 9.59 Å². The number of halogens is 2. The van der Waals surface area contributed by atoms with Crippen LogP contribution in [0.1, 0.15) is 23.7 Å². The van der Waals surface area contributed by atoms with Gasteiger partial charge in [-0.1, -0.05) is 6.92 Å². The normalized spacial score (nSPS) is 12.9. The smallest absolute Gasteiger partial charge is 0.328 e. The Labute approximate surface area is 131 Å². The zero-order valence-corrected chi connectivity index (χ0v) is 12.9. The van der Waals surface area contributed by atoms with Crippen LogP contribution in [-0.2, 0) is 19.1 Å². The number of carbonyl (C=O) groups excluding carboxylic acids is 3. The monoisotopic (exact) mass is 329 g/mol. The molecule has 6 nitrogen and oxygen atoms in total. The lowest BCUT2D eigenvalue weighted by atomic mass is 10.0. The van der Waals surface area contributed by atoms with Crippen molar-refractivity contribution in [3.05, 3.63) is 35.4 Å². The third-order valence-corrected chi connectivity index (χ3v) is 3.11. The zero-order chi connectivity index (χ0) is 17.6. The van der Waals surface area contributed by atoms with Crippen LogP contribution in [0.2, 0.25) is 0 Å². The predicted molar refractivity (Wildman–Crippen MR) is 75.4 cm³/mol. The molecule has 0 aliphatic carbocycles. The predicted octanol–water partition coefficient (Wildman–Crippen LogP) is 1.44. The highest BCUT2D eigenvalue weighted by molar-refractivity contribution is 5.96. The van der Waals surface area contributed by atoms with Crippen LogP contribution in [0, 0.1) is 17.6 Å². The van der Waals surface area contributed by atoms with Gasteiger partial charge in [-0.05, 0) is 18.6 Å². The number of nitrogens with one attached hydrogen (secondary N) is 1. The van der Waals surface area contributed by atoms with Gasteiger partial charge >= 0.3 is 11.9 Å². The second-order valence-electron chi connectivity index (χ2n) is 4.87. The van der Waals surface area contributed by atoms with Crippen LogP contribution in [0.25, 0.3) is 0 Å². The summed E-state index contributed by atoms with van der Waals surface area (Å²) in [5.41, 5.74) is -0.290. The molecular formula is C15H17F2NO5. The Hall–Kier alpha value is -2.51. The fourth-order valence-electron chi connectivity index (χ4n) is 1.93. The second kappa shape index (κ2) is 8.21. The standard InChI is InChI=1S/C15H17F2NO5/c1-8(14(20)22-2)4-12(15(21)23-3)18-13(19)9-5-10(16)7-11(17)6-9/h5-8,12H,4H2,1-3H3,(H,18,19)/t8-,12+/m0/s1. The summed E-state index contributed by atoms with van der Waals surface area (Å²) in [4.78, 5) is 35.2. The molecule has 0 fully saturated rings. The average molecular weight is 329 g/mol. The van der Waals surface area contributed by atoms with E-state index in [0.29, 0.717) is 6.07 Å². The molecule has 1 amide bonds. The first-order valence-electron chi connectivity index (χ1n) is 6.71. The largest absolute Gasteiger partial charge is 0.469 e. The quantitative estimate of drug-likeness (QED) is 0.799. The van der Waals surface area contributed by atoms with Crippen molar-refractivity contribution in [2.45, 2.75) is 19.4 Å². The Balaban J connectivity index is 2.90. The molecular weight excluding hydrogens is 312 g/mol. The number of carbonyl (C=O) groups is 3. The molecule has 0 radical (unpaired) electrons. The van der Waals surface area contributed by atoms with Crippen LogP contribution < -0.4 is 5.32 Å². The third-order valence-electron chi connectivity index (χ3n) is 3.11. The van der Waals surface area contributed by atoms with Crippen LogP contribution in [0.15, 0.2) is 18.2 Å². The number of rotatable bonds is 6. The molecule has 0 heterocycles. The lowest BCUT2D eigenvalue weighted by Crippen LogP contribution is -2.43. The molecule has 0 spiro atoms. The fourth-order valence-corrected chi connectivity index (χ4v) is 1.93. The summed E-state index contributed by atoms with van der Waals surface area (Å²) in [5, 5.41) is 2.29. The van der Waals surface area contributed by atoms with Crippen molar-refractivity contribution in [2.75, 3.05) is 14.2 Å². The van der Waals surface area contributed by atoms with Crippen molar-refractivity contribution in [3.8, 4) is 0 Å². The SMILES string of the molecule is COC(=O)[C@@H](C)C[C@@H](NC(=O)c1cc(F)cc(F)c1)C(=O)OC. The molecule has 0 aliphatic rings. The molecule has 1 aromatic rings. The maximum atomic E-state index is 13.1. The lowest BCUT2D eigenvalue weighted by Gasteiger charge is -2.19. The number of benzene rings is 1. The second-order valence-corrected chi connectivity index (χ2v) is 4.87. The van der Waals surface area contributed by atoms with Crippen molar-refractivity contribution in [2.24, 2.45) is 5.92 Å². The van der Waals surface area contributed by atoms with Gasteiger partial charge in [0.15, 0.2) is 0 Å². The van der Waals surface area contributed by atoms with Gasteiger partial charge in [-0.25, -0.2) is 13.6 Å². The molecule has 2 atom stereocenters. The maximum absolute atomic E-state index is 13.1. The van der Waals surface area contributed by atoms with Gasteiger partial charge < -0.3 is 14.8 Å². The number of esters is 2. The van der Waals surface area contributed by atoms with E-state index in [0.717, 1.165) is 19.2 Å². The molecule has 0 unspecified atom stereocenters. The lowest BCUT2D eigenvalue weighted by molar-refractivity contribution is -0.147. The summed E-state index contributed by atoms with van der Waals surface area (Å²) in [6.45, 7) is 1.51. The van der Waals surface area contributed by atoms with E-state index in [1.54, 1.807) is 0 Å². The first kappa shape index (κ1) is 18.5. The van der Waals surface area contributed by atoms with Crippen molar-refractivity contribution in [1.82, 2.24) is 5.32 Å². The first-order chi connectivity index (χ1) is 10.8. The highest BCUT2D eigenvalue weighted by Gasteiger charge is 2.27. The van der Waals surface area contributed by atoms with Crippen molar-refractivity contribution in [3.63, 3.8) is 0 Å². The molecule has 0 saturated carbocycles. The van der Waals surface area contributed by atoms with E-state index in [1.807, 2.05) is 0 Å². The van der Waals surface area contributed by atoms with Crippen LogP contribution in [-0.4, -0.2) is 38.1 Å². The number of ether oxygens (including phenoxy) is 2. The summed E-state index contributed by atoms with van der Waals surface area (Å²) < 4.78 is 35.4. The van der Waals surface area contributed by atoms with E-state index in [9.17, 15) is 23.2 Å². The number of methoxy groups -OCH3 is 2. The van der Waals surface area contributed by atoms with Gasteiger partial charge in [0.1, 0.15) is 17.7 Å². The molecule has 1 aromatic carbocycles. The van der Waals surface area contributed by atoms with Gasteiger partial charge in [-0.2, -0.15) is 0 Å². The highest BCUT2D eigenvalue weighted by atomic mass is 19.1. The van der Waals surface area contributed by atoms with E-state index in [1.165, 1.54) is 14.0 Å². The molecule has 8 heteroatoms. The summed E-state index contributed by atoms with van der Waals surface area (Å²) >= 11 is 0. The van der Waals surface area contributed by atoms with Crippen LogP contribution in [0.5, 0.6) is 0 Å². The van der Waals surface area contributed by atoms with Crippen LogP contribution in [0.4, 0.5) is 8.78 Å². The van der Waals surface area contributed by atoms with E-state index in [-0.39, 0.29) is 12.0 Å². The minimum atomic E-state index is -1.16. The van der Waals surface area contributed by atoms with E-state index >= 15 is 0 Å². The van der Waals surface area contributed by atoms with Gasteiger partial charge in [0.2, 0.25) is 0 Å². The Morgan fingerprint density at radius 2 is 1.57 bits per heavy atom. The zero-order valence-electron chi connectivity index (χ0n) is 12.9. The molecule has 0 bridgehead atoms. The van der Waals surface area contributed by atoms with E-state index < -0.39 is 41.4 Å². The van der Waals surface area contributed by atoms with Crippen molar-refractivity contribution < 1.29 is 32.6 Å². The highest BCUT2D eigenvalue weighted by Crippen LogP contribution is 2.12. The van der Waals surface area contributed by atoms with Gasteiger partial charge in [0, 0.05) is 11.6 Å². The molecule has 1 N–H and O–H groups in total. The van der Waals surface area contributed by atoms with E-state index in [2.05, 4.69) is 14.8 Å². The van der Waals surface area contributed by atoms with Crippen molar-refractivity contribution >= 4 is 17.8 Å². The Morgan fingerprint density at radius 3 is 2.04 bits per heavy atom. The molecule has 0 saturated heterocycles. The Bertz CT molecular complexity index is 585. The van der Waals surface area contributed by atoms with Gasteiger partial charge in [0.05, 0.1) is 20.1 Å². The van der Waals surface area contributed by atoms with Crippen LogP contribution in [0.3, 0.4) is 0 Å². The molecule has 126 valence electrons. The summed E-state index contributed by atoms with van der Waals surface area (Å²) in [5.74, 6) is -4.75. The van der Waals surface area contributed by atoms with Crippen LogP contribution >= 0.6 is 0 Å². The Morgan fingerprint density at radius 1 is 1.04 bits per heavy atom. The molecule has 0 aliphatic heterocycles. The third kappa shape index (κ3) is 5.32. The first-order valence-corrected chi connectivity index (χ1v) is 6.71. The summed E-state index contributed by atoms with van der Waals surface area (Å²) in [6, 6.07) is 1.12. The van der Waals surface area contributed by atoms with E-state index in [4.69, 9.17) is 0 Å². The number of hydrogen-bond acceptors (Lipinski definition) is 5. The number of amides is 1. The molecule has 23 heavy (non-hydrogen) atoms. The number of hydrogen-bond donors (Lipinski definition) is 1. The Kier molecular flexibility index (Phi) is 6.62. The average Bonchev–Trinajstić information content (AvgIpc) is 2.51. The summed E-state index contributed by atoms with van der Waals surface area (Å²) in [6.07, 6.45) is -0.0805. The summed E-state index contributed by atoms with van der Waals surface area (Å²) in [7, 11) is 2.31. The van der Waals surface area contributed by atoms with Gasteiger partial charge in [0.25, 0.3) is 5.91 Å². The van der Waals surface area contributed by atoms with Gasteiger partial charge in [-0.15, -0.1) is 0 Å². The maximum Gasteiger partial charge on any atom is 0.328 e. The minimum Gasteiger partial charge on any atom is -0.469 e.